The molecule has 5 saturated carbocycles. The van der Waals surface area contributed by atoms with Crippen molar-refractivity contribution in [2.45, 2.75) is 105 Å². The van der Waals surface area contributed by atoms with Crippen LogP contribution in [0.4, 0.5) is 0 Å². The van der Waals surface area contributed by atoms with Gasteiger partial charge in [-0.05, 0) is 110 Å². The van der Waals surface area contributed by atoms with Crippen LogP contribution in [0.25, 0.3) is 0 Å². The molecule has 0 amide bonds. The third kappa shape index (κ3) is 2.12. The third-order valence-electron chi connectivity index (χ3n) is 11.4. The normalized spacial score (nSPS) is 61.0. The van der Waals surface area contributed by atoms with Crippen LogP contribution in [0.1, 0.15) is 105 Å². The first-order valence-corrected chi connectivity index (χ1v) is 11.9. The van der Waals surface area contributed by atoms with Gasteiger partial charge in [0.2, 0.25) is 0 Å². The van der Waals surface area contributed by atoms with E-state index in [0.29, 0.717) is 10.8 Å². The highest BCUT2D eigenvalue weighted by Gasteiger charge is 2.64. The van der Waals surface area contributed by atoms with Crippen molar-refractivity contribution in [3.63, 3.8) is 0 Å². The molecule has 5 fully saturated rings. The summed E-state index contributed by atoms with van der Waals surface area (Å²) in [4.78, 5) is 0. The summed E-state index contributed by atoms with van der Waals surface area (Å²) in [5.74, 6) is 6.36. The van der Waals surface area contributed by atoms with Gasteiger partial charge in [-0.1, -0.05) is 47.0 Å². The van der Waals surface area contributed by atoms with Crippen molar-refractivity contribution in [2.75, 3.05) is 0 Å². The van der Waals surface area contributed by atoms with E-state index in [2.05, 4.69) is 27.7 Å². The first kappa shape index (κ1) is 17.1. The fraction of sp³-hybridized carbons (Fsp3) is 1.00. The van der Waals surface area contributed by atoms with Crippen molar-refractivity contribution in [2.24, 2.45) is 51.8 Å². The minimum Gasteiger partial charge on any atom is -0.0625 e. The molecule has 5 aliphatic rings. The van der Waals surface area contributed by atoms with Gasteiger partial charge in [0.05, 0.1) is 0 Å². The van der Waals surface area contributed by atoms with Gasteiger partial charge in [-0.2, -0.15) is 0 Å². The van der Waals surface area contributed by atoms with Crippen molar-refractivity contribution in [3.05, 3.63) is 0 Å². The summed E-state index contributed by atoms with van der Waals surface area (Å²) >= 11 is 0. The topological polar surface area (TPSA) is 0 Å². The molecule has 0 aromatic carbocycles. The largest absolute Gasteiger partial charge is 0.0625 e. The van der Waals surface area contributed by atoms with Crippen LogP contribution in [-0.2, 0) is 0 Å². The molecule has 8 unspecified atom stereocenters. The van der Waals surface area contributed by atoms with Crippen LogP contribution in [0.5, 0.6) is 0 Å². The van der Waals surface area contributed by atoms with Crippen LogP contribution in [0.15, 0.2) is 0 Å². The second-order valence-corrected chi connectivity index (χ2v) is 12.1. The highest BCUT2D eigenvalue weighted by atomic mass is 14.7. The Kier molecular flexibility index (Phi) is 3.77. The first-order valence-electron chi connectivity index (χ1n) is 11.9. The van der Waals surface area contributed by atoms with Gasteiger partial charge in [0.25, 0.3) is 0 Å². The van der Waals surface area contributed by atoms with Crippen LogP contribution < -0.4 is 0 Å². The van der Waals surface area contributed by atoms with Gasteiger partial charge in [0, 0.05) is 0 Å². The lowest BCUT2D eigenvalue weighted by Gasteiger charge is -2.66. The molecule has 0 aromatic rings. The molecule has 0 N–H and O–H groups in total. The molecule has 0 saturated heterocycles. The maximum Gasteiger partial charge on any atom is -0.0235 e. The predicted octanol–water partition coefficient (Wildman–Crippen LogP) is 7.47. The van der Waals surface area contributed by atoms with E-state index in [1.807, 2.05) is 0 Å². The second-order valence-electron chi connectivity index (χ2n) is 12.1. The molecular weight excluding hydrogens is 300 g/mol. The maximum atomic E-state index is 2.75. The zero-order valence-electron chi connectivity index (χ0n) is 17.4. The monoisotopic (exact) mass is 342 g/mol. The molecule has 142 valence electrons. The lowest BCUT2D eigenvalue weighted by Crippen LogP contribution is -2.58. The fourth-order valence-electron chi connectivity index (χ4n) is 10.1. The minimum absolute atomic E-state index is 0.647. The quantitative estimate of drug-likeness (QED) is 0.428. The highest BCUT2D eigenvalue weighted by Crippen LogP contribution is 2.73. The highest BCUT2D eigenvalue weighted by molar-refractivity contribution is 5.14. The summed E-state index contributed by atoms with van der Waals surface area (Å²) in [5.41, 5.74) is 2.10. The summed E-state index contributed by atoms with van der Waals surface area (Å²) < 4.78 is 0. The Bertz CT molecular complexity index is 536. The Morgan fingerprint density at radius 2 is 1.48 bits per heavy atom. The Labute approximate surface area is 156 Å². The molecule has 0 bridgehead atoms. The van der Waals surface area contributed by atoms with Gasteiger partial charge in [-0.15, -0.1) is 0 Å². The average molecular weight is 343 g/mol. The van der Waals surface area contributed by atoms with Gasteiger partial charge in [0.1, 0.15) is 0 Å². The zero-order chi connectivity index (χ0) is 17.4. The predicted molar refractivity (Wildman–Crippen MR) is 106 cm³/mol. The summed E-state index contributed by atoms with van der Waals surface area (Å²) in [7, 11) is 0. The van der Waals surface area contributed by atoms with Gasteiger partial charge in [0.15, 0.2) is 0 Å². The van der Waals surface area contributed by atoms with E-state index in [0.717, 1.165) is 40.9 Å². The summed E-state index contributed by atoms with van der Waals surface area (Å²) in [6, 6.07) is 0. The van der Waals surface area contributed by atoms with Gasteiger partial charge in [-0.25, -0.2) is 0 Å². The molecule has 1 spiro atoms. The lowest BCUT2D eigenvalue weighted by atomic mass is 9.39. The van der Waals surface area contributed by atoms with Crippen molar-refractivity contribution >= 4 is 0 Å². The molecular formula is C25H42. The average Bonchev–Trinajstić information content (AvgIpc) is 2.97. The summed E-state index contributed by atoms with van der Waals surface area (Å²) in [6.45, 7) is 10.6. The fourth-order valence-corrected chi connectivity index (χ4v) is 10.1. The zero-order valence-corrected chi connectivity index (χ0v) is 17.4. The van der Waals surface area contributed by atoms with E-state index in [1.54, 1.807) is 44.9 Å². The van der Waals surface area contributed by atoms with E-state index < -0.39 is 0 Å². The maximum absolute atomic E-state index is 2.75. The van der Waals surface area contributed by atoms with Crippen molar-refractivity contribution in [3.8, 4) is 0 Å². The molecule has 5 aliphatic carbocycles. The van der Waals surface area contributed by atoms with Crippen LogP contribution in [0, 0.1) is 51.8 Å². The molecule has 0 radical (unpaired) electrons. The van der Waals surface area contributed by atoms with E-state index in [4.69, 9.17) is 0 Å². The molecule has 9 atom stereocenters. The molecule has 0 nitrogen and oxygen atoms in total. The minimum atomic E-state index is 0.647. The third-order valence-corrected chi connectivity index (χ3v) is 11.4. The van der Waals surface area contributed by atoms with Gasteiger partial charge in [-0.3, -0.25) is 0 Å². The van der Waals surface area contributed by atoms with Crippen LogP contribution in [0.2, 0.25) is 0 Å². The molecule has 5 rings (SSSR count). The van der Waals surface area contributed by atoms with Gasteiger partial charge >= 0.3 is 0 Å². The first-order chi connectivity index (χ1) is 11.9. The molecule has 0 aliphatic heterocycles. The summed E-state index contributed by atoms with van der Waals surface area (Å²) in [6.07, 6.45) is 18.7. The van der Waals surface area contributed by atoms with Crippen molar-refractivity contribution < 1.29 is 0 Å². The Morgan fingerprint density at radius 1 is 0.680 bits per heavy atom. The van der Waals surface area contributed by atoms with E-state index in [9.17, 15) is 0 Å². The number of rotatable bonds is 0. The second kappa shape index (κ2) is 5.51. The van der Waals surface area contributed by atoms with Crippen LogP contribution in [-0.4, -0.2) is 0 Å². The number of fused-ring (bicyclic) bond motifs is 4. The van der Waals surface area contributed by atoms with Gasteiger partial charge < -0.3 is 0 Å². The number of hydrogen-bond acceptors (Lipinski definition) is 0. The Balaban J connectivity index is 1.47. The smallest absolute Gasteiger partial charge is 0.0235 e. The molecule has 0 heterocycles. The van der Waals surface area contributed by atoms with E-state index in [-0.39, 0.29) is 0 Å². The number of hydrogen-bond donors (Lipinski definition) is 0. The molecule has 0 aromatic heterocycles. The van der Waals surface area contributed by atoms with E-state index in [1.165, 1.54) is 32.1 Å². The van der Waals surface area contributed by atoms with Crippen molar-refractivity contribution in [1.29, 1.82) is 0 Å². The van der Waals surface area contributed by atoms with Crippen molar-refractivity contribution in [1.82, 2.24) is 0 Å². The molecule has 25 heavy (non-hydrogen) atoms. The Hall–Kier alpha value is 0. The van der Waals surface area contributed by atoms with Crippen LogP contribution in [0.3, 0.4) is 0 Å². The molecule has 0 heteroatoms. The lowest BCUT2D eigenvalue weighted by molar-refractivity contribution is -0.169. The SMILES string of the molecule is CC1CCCC23CCC4C(CCC5(C)C[C@H](C)CCC45C)C2CCC13. The standard InChI is InChI=1S/C25H42/c1-17-9-14-24(4)21-11-15-25-12-5-6-18(2)20(25)7-8-22(25)19(21)10-13-23(24,3)16-17/h17-22H,5-16H2,1-4H3/t17-,18?,19?,20?,21?,22?,23?,24?,25?/m1/s1. The van der Waals surface area contributed by atoms with Crippen LogP contribution >= 0.6 is 0 Å². The Morgan fingerprint density at radius 3 is 2.32 bits per heavy atom. The van der Waals surface area contributed by atoms with E-state index >= 15 is 0 Å². The summed E-state index contributed by atoms with van der Waals surface area (Å²) in [5, 5.41) is 0.